The van der Waals surface area contributed by atoms with Gasteiger partial charge in [-0.25, -0.2) is 9.37 Å². The summed E-state index contributed by atoms with van der Waals surface area (Å²) >= 11 is 0.867. The molecule has 0 amide bonds. The number of rotatable bonds is 2. The van der Waals surface area contributed by atoms with E-state index >= 15 is 0 Å². The van der Waals surface area contributed by atoms with Crippen LogP contribution in [0.25, 0.3) is 4.96 Å². The molecule has 114 valence electrons. The zero-order valence-corrected chi connectivity index (χ0v) is 11.3. The van der Waals surface area contributed by atoms with E-state index < -0.39 is 23.1 Å². The minimum absolute atomic E-state index is 0.0875. The van der Waals surface area contributed by atoms with Crippen molar-refractivity contribution < 1.29 is 22.3 Å². The van der Waals surface area contributed by atoms with E-state index in [9.17, 15) is 22.4 Å². The number of hydrogen-bond acceptors (Lipinski definition) is 5. The van der Waals surface area contributed by atoms with Crippen LogP contribution in [0.5, 0.6) is 10.9 Å². The smallest absolute Gasteiger partial charge is 0.419 e. The lowest BCUT2D eigenvalue weighted by molar-refractivity contribution is -0.140. The van der Waals surface area contributed by atoms with Gasteiger partial charge in [-0.2, -0.15) is 17.7 Å². The molecule has 0 aliphatic carbocycles. The molecule has 0 unspecified atom stereocenters. The fraction of sp³-hybridized carbons (Fsp3) is 0.0833. The van der Waals surface area contributed by atoms with Crippen LogP contribution >= 0.6 is 11.3 Å². The van der Waals surface area contributed by atoms with Gasteiger partial charge in [-0.1, -0.05) is 0 Å². The highest BCUT2D eigenvalue weighted by molar-refractivity contribution is 7.18. The number of alkyl halides is 3. The monoisotopic (exact) mass is 331 g/mol. The SMILES string of the molecule is O=c1ccnc2sc(Oc3ccc(F)c(C(F)(F)F)c3)nn12. The van der Waals surface area contributed by atoms with E-state index in [0.717, 1.165) is 21.9 Å². The maximum absolute atomic E-state index is 13.2. The van der Waals surface area contributed by atoms with Crippen LogP contribution in [0, 0.1) is 5.82 Å². The van der Waals surface area contributed by atoms with Gasteiger partial charge in [0.05, 0.1) is 5.56 Å². The number of ether oxygens (including phenoxy) is 1. The van der Waals surface area contributed by atoms with Crippen molar-refractivity contribution in [3.63, 3.8) is 0 Å². The molecule has 5 nitrogen and oxygen atoms in total. The largest absolute Gasteiger partial charge is 0.430 e. The van der Waals surface area contributed by atoms with Crippen molar-refractivity contribution >= 4 is 16.3 Å². The summed E-state index contributed by atoms with van der Waals surface area (Å²) in [4.78, 5) is 15.6. The topological polar surface area (TPSA) is 56.5 Å². The second kappa shape index (κ2) is 5.05. The minimum Gasteiger partial charge on any atom is -0.430 e. The fourth-order valence-electron chi connectivity index (χ4n) is 1.65. The van der Waals surface area contributed by atoms with Crippen LogP contribution in [0.1, 0.15) is 5.56 Å². The van der Waals surface area contributed by atoms with E-state index in [1.54, 1.807) is 0 Å². The molecule has 0 bridgehead atoms. The van der Waals surface area contributed by atoms with E-state index in [4.69, 9.17) is 4.74 Å². The molecule has 0 radical (unpaired) electrons. The van der Waals surface area contributed by atoms with Crippen LogP contribution in [0.4, 0.5) is 17.6 Å². The van der Waals surface area contributed by atoms with Gasteiger partial charge < -0.3 is 4.74 Å². The lowest BCUT2D eigenvalue weighted by atomic mass is 10.2. The summed E-state index contributed by atoms with van der Waals surface area (Å²) in [5.41, 5.74) is -1.90. The van der Waals surface area contributed by atoms with Crippen LogP contribution in [0.2, 0.25) is 0 Å². The highest BCUT2D eigenvalue weighted by Gasteiger charge is 2.34. The molecule has 0 N–H and O–H groups in total. The molecule has 0 saturated heterocycles. The van der Waals surface area contributed by atoms with Gasteiger partial charge in [-0.3, -0.25) is 4.79 Å². The molecule has 3 aromatic rings. The molecule has 2 heterocycles. The van der Waals surface area contributed by atoms with Crippen LogP contribution in [0.15, 0.2) is 35.3 Å². The van der Waals surface area contributed by atoms with Gasteiger partial charge in [0, 0.05) is 12.3 Å². The van der Waals surface area contributed by atoms with Gasteiger partial charge >= 0.3 is 6.18 Å². The molecule has 0 saturated carbocycles. The summed E-state index contributed by atoms with van der Waals surface area (Å²) in [7, 11) is 0. The van der Waals surface area contributed by atoms with Crippen LogP contribution < -0.4 is 10.3 Å². The molecular weight excluding hydrogens is 326 g/mol. The Hall–Kier alpha value is -2.49. The van der Waals surface area contributed by atoms with Crippen LogP contribution in [-0.4, -0.2) is 14.6 Å². The normalized spacial score (nSPS) is 11.8. The van der Waals surface area contributed by atoms with Crippen molar-refractivity contribution in [2.45, 2.75) is 6.18 Å². The van der Waals surface area contributed by atoms with Gasteiger partial charge in [0.2, 0.25) is 4.96 Å². The van der Waals surface area contributed by atoms with Gasteiger partial charge in [-0.05, 0) is 29.5 Å². The van der Waals surface area contributed by atoms with Crippen molar-refractivity contribution in [2.75, 3.05) is 0 Å². The van der Waals surface area contributed by atoms with Gasteiger partial charge in [0.15, 0.2) is 0 Å². The van der Waals surface area contributed by atoms with E-state index in [2.05, 4.69) is 10.1 Å². The molecule has 2 aromatic heterocycles. The molecular formula is C12H5F4N3O2S. The fourth-order valence-corrected chi connectivity index (χ4v) is 2.40. The molecule has 22 heavy (non-hydrogen) atoms. The number of fused-ring (bicyclic) bond motifs is 1. The highest BCUT2D eigenvalue weighted by Crippen LogP contribution is 2.35. The third-order valence-corrected chi connectivity index (χ3v) is 3.40. The lowest BCUT2D eigenvalue weighted by Gasteiger charge is -2.09. The van der Waals surface area contributed by atoms with Gasteiger partial charge in [0.25, 0.3) is 10.8 Å². The molecule has 0 aliphatic heterocycles. The molecule has 0 spiro atoms. The molecule has 0 fully saturated rings. The molecule has 0 atom stereocenters. The third kappa shape index (κ3) is 2.64. The van der Waals surface area contributed by atoms with E-state index in [1.807, 2.05) is 0 Å². The van der Waals surface area contributed by atoms with E-state index in [0.29, 0.717) is 12.1 Å². The molecule has 0 aliphatic rings. The van der Waals surface area contributed by atoms with E-state index in [-0.39, 0.29) is 15.9 Å². The predicted octanol–water partition coefficient (Wildman–Crippen LogP) is 3.10. The summed E-state index contributed by atoms with van der Waals surface area (Å²) in [5.74, 6) is -1.65. The lowest BCUT2D eigenvalue weighted by Crippen LogP contribution is -2.12. The molecule has 1 aromatic carbocycles. The predicted molar refractivity (Wildman–Crippen MR) is 68.6 cm³/mol. The first-order valence-corrected chi connectivity index (χ1v) is 6.56. The summed E-state index contributed by atoms with van der Waals surface area (Å²) < 4.78 is 57.2. The zero-order valence-electron chi connectivity index (χ0n) is 10.5. The Kier molecular flexibility index (Phi) is 3.32. The number of benzene rings is 1. The summed E-state index contributed by atoms with van der Waals surface area (Å²) in [6.07, 6.45) is -3.56. The maximum atomic E-state index is 13.2. The summed E-state index contributed by atoms with van der Waals surface area (Å²) in [6, 6.07) is 3.39. The van der Waals surface area contributed by atoms with Gasteiger partial charge in [0.1, 0.15) is 11.6 Å². The van der Waals surface area contributed by atoms with Crippen molar-refractivity contribution in [1.82, 2.24) is 14.6 Å². The Morgan fingerprint density at radius 3 is 2.68 bits per heavy atom. The average molecular weight is 331 g/mol. The second-order valence-electron chi connectivity index (χ2n) is 4.09. The quantitative estimate of drug-likeness (QED) is 0.677. The maximum Gasteiger partial charge on any atom is 0.419 e. The summed E-state index contributed by atoms with van der Waals surface area (Å²) in [5, 5.41) is 3.70. The second-order valence-corrected chi connectivity index (χ2v) is 5.01. The Labute approximate surface area is 123 Å². The molecule has 10 heteroatoms. The average Bonchev–Trinajstić information content (AvgIpc) is 2.84. The number of halogens is 4. The number of hydrogen-bond donors (Lipinski definition) is 0. The number of aromatic nitrogens is 3. The minimum atomic E-state index is -4.84. The van der Waals surface area contributed by atoms with Crippen molar-refractivity contribution in [1.29, 1.82) is 0 Å². The zero-order chi connectivity index (χ0) is 15.9. The van der Waals surface area contributed by atoms with Crippen molar-refractivity contribution in [2.24, 2.45) is 0 Å². The first kappa shape index (κ1) is 14.4. The molecule has 3 rings (SSSR count). The first-order chi connectivity index (χ1) is 10.3. The standard InChI is InChI=1S/C12H5F4N3O2S/c13-8-2-1-6(5-7(8)12(14,15)16)21-11-18-19-9(20)3-4-17-10(19)22-11/h1-5H. The van der Waals surface area contributed by atoms with Crippen LogP contribution in [-0.2, 0) is 6.18 Å². The Morgan fingerprint density at radius 1 is 1.23 bits per heavy atom. The van der Waals surface area contributed by atoms with Crippen molar-refractivity contribution in [3.8, 4) is 10.9 Å². The van der Waals surface area contributed by atoms with Crippen molar-refractivity contribution in [3.05, 3.63) is 52.2 Å². The number of nitrogens with zero attached hydrogens (tertiary/aromatic N) is 3. The third-order valence-electron chi connectivity index (χ3n) is 2.60. The summed E-state index contributed by atoms with van der Waals surface area (Å²) in [6.45, 7) is 0. The Bertz CT molecular complexity index is 903. The first-order valence-electron chi connectivity index (χ1n) is 5.74. The van der Waals surface area contributed by atoms with Gasteiger partial charge in [-0.15, -0.1) is 5.10 Å². The Morgan fingerprint density at radius 2 is 2.00 bits per heavy atom. The van der Waals surface area contributed by atoms with E-state index in [1.165, 1.54) is 12.3 Å². The Balaban J connectivity index is 1.98. The highest BCUT2D eigenvalue weighted by atomic mass is 32.1. The van der Waals surface area contributed by atoms with Crippen LogP contribution in [0.3, 0.4) is 0 Å².